The number of benzene rings is 12. The number of amides is 8. The SMILES string of the molecule is C#Cc1cccc(C(=O)NC(=N)c2cc(NC(=O)C(CCN)c3ccc(Cl)c(Cl)c3)ccc2N)c1.CCNc1ccc(C(=O)Nc2n[nH]c3ccc(NC(=O)C(CCN)c4ccc(Cl)c(Cl)c4)cc23)cc1.CNc1ccc(C(=O)Nc2n[nH]c3ccc(NC(=O)C(CCN)c4ccc(Cl)c(Cl)c4)cc23)cc1.NCCC(C(=O)Nc1ccc(N)c(C(N)=NC(=O)c2cccc([N+](=O)[O-])c2)c1)c1ccc(Cl)c(Cl)c1. The van der Waals surface area contributed by atoms with Crippen LogP contribution in [0, 0.1) is 27.9 Å². The number of non-ortho nitro benzene ring substituents is 1. The number of nitrogens with two attached hydrogens (primary N) is 7. The van der Waals surface area contributed by atoms with E-state index in [0.29, 0.717) is 169 Å². The molecule has 142 heavy (non-hydrogen) atoms. The molecule has 8 amide bonds. The quantitative estimate of drug-likeness (QED) is 0.00465. The van der Waals surface area contributed by atoms with E-state index < -0.39 is 40.4 Å². The summed E-state index contributed by atoms with van der Waals surface area (Å²) in [4.78, 5) is 117. The van der Waals surface area contributed by atoms with Gasteiger partial charge in [0.1, 0.15) is 11.7 Å². The fourth-order valence-electron chi connectivity index (χ4n) is 14.5. The molecule has 14 aromatic rings. The van der Waals surface area contributed by atoms with Gasteiger partial charge in [0.15, 0.2) is 11.6 Å². The molecule has 4 unspecified atom stereocenters. The molecule has 0 fully saturated rings. The normalized spacial score (nSPS) is 11.7. The summed E-state index contributed by atoms with van der Waals surface area (Å²) in [5.41, 5.74) is 51.4. The summed E-state index contributed by atoms with van der Waals surface area (Å²) in [6.07, 6.45) is 6.99. The number of nitrogens with one attached hydrogen (secondary N) is 12. The van der Waals surface area contributed by atoms with Gasteiger partial charge < -0.3 is 88.0 Å². The Morgan fingerprint density at radius 3 is 1.18 bits per heavy atom. The van der Waals surface area contributed by atoms with Gasteiger partial charge in [-0.05, 0) is 275 Å². The van der Waals surface area contributed by atoms with E-state index in [-0.39, 0.29) is 94.0 Å². The van der Waals surface area contributed by atoms with Crippen LogP contribution >= 0.6 is 92.8 Å². The number of fused-ring (bicyclic) bond motifs is 2. The molecule has 33 nitrogen and oxygen atoms in total. The van der Waals surface area contributed by atoms with Crippen LogP contribution in [0.1, 0.15) is 137 Å². The monoisotopic (exact) mass is 2070 g/mol. The number of nitrogens with zero attached hydrogens (tertiary/aromatic N) is 4. The average Bonchev–Trinajstić information content (AvgIpc) is 1.75. The number of anilines is 10. The molecule has 0 bridgehead atoms. The van der Waals surface area contributed by atoms with Crippen molar-refractivity contribution in [2.24, 2.45) is 33.7 Å². The van der Waals surface area contributed by atoms with Crippen molar-refractivity contribution in [1.29, 1.82) is 5.41 Å². The number of hydrogen-bond acceptors (Lipinski definition) is 21. The Morgan fingerprint density at radius 2 is 0.796 bits per heavy atom. The molecule has 0 aliphatic rings. The molecule has 730 valence electrons. The lowest BCUT2D eigenvalue weighted by Crippen LogP contribution is -2.31. The van der Waals surface area contributed by atoms with Gasteiger partial charge >= 0.3 is 0 Å². The largest absolute Gasteiger partial charge is 0.398 e. The number of nitro groups is 1. The van der Waals surface area contributed by atoms with E-state index >= 15 is 0 Å². The number of hydrogen-bond donors (Lipinski definition) is 19. The molecule has 4 atom stereocenters. The number of nitrogen functional groups attached to an aromatic ring is 2. The highest BCUT2D eigenvalue weighted by Gasteiger charge is 2.29. The summed E-state index contributed by atoms with van der Waals surface area (Å²) < 4.78 is 0. The number of carbonyl (C=O) groups is 8. The number of halogens is 8. The summed E-state index contributed by atoms with van der Waals surface area (Å²) in [6, 6.07) is 65.8. The van der Waals surface area contributed by atoms with Gasteiger partial charge in [-0.3, -0.25) is 64.1 Å². The molecule has 0 saturated heterocycles. The van der Waals surface area contributed by atoms with E-state index in [1.165, 1.54) is 36.4 Å². The molecule has 41 heteroatoms. The highest BCUT2D eigenvalue weighted by atomic mass is 35.5. The number of rotatable bonds is 32. The Morgan fingerprint density at radius 1 is 0.430 bits per heavy atom. The molecular weight excluding hydrogens is 1980 g/mol. The Labute approximate surface area is 854 Å². The van der Waals surface area contributed by atoms with Crippen LogP contribution in [0.5, 0.6) is 0 Å². The topological polar surface area (TPSA) is 564 Å². The number of amidine groups is 2. The minimum Gasteiger partial charge on any atom is -0.398 e. The van der Waals surface area contributed by atoms with Crippen LogP contribution in [0.3, 0.4) is 0 Å². The van der Waals surface area contributed by atoms with Gasteiger partial charge in [0.05, 0.1) is 79.8 Å². The van der Waals surface area contributed by atoms with Gasteiger partial charge in [-0.2, -0.15) is 15.2 Å². The second-order valence-electron chi connectivity index (χ2n) is 31.4. The third-order valence-corrected chi connectivity index (χ3v) is 24.8. The zero-order valence-corrected chi connectivity index (χ0v) is 81.8. The fourth-order valence-corrected chi connectivity index (χ4v) is 15.7. The van der Waals surface area contributed by atoms with Gasteiger partial charge in [0, 0.05) is 121 Å². The maximum atomic E-state index is 13.2. The minimum atomic E-state index is -0.785. The summed E-state index contributed by atoms with van der Waals surface area (Å²) in [7, 11) is 1.81. The fraction of sp³-hybridized carbons (Fsp3) is 0.149. The molecule has 0 aliphatic heterocycles. The summed E-state index contributed by atoms with van der Waals surface area (Å²) in [5, 5.41) is 63.7. The molecule has 0 aliphatic carbocycles. The Hall–Kier alpha value is -15.0. The van der Waals surface area contributed by atoms with Crippen molar-refractivity contribution >= 4 is 236 Å². The third kappa shape index (κ3) is 28.9. The summed E-state index contributed by atoms with van der Waals surface area (Å²) in [6.45, 7) is 3.98. The highest BCUT2D eigenvalue weighted by Crippen LogP contribution is 2.37. The van der Waals surface area contributed by atoms with Gasteiger partial charge in [0.25, 0.3) is 29.3 Å². The van der Waals surface area contributed by atoms with E-state index in [1.54, 1.807) is 176 Å². The van der Waals surface area contributed by atoms with Crippen LogP contribution in [0.4, 0.5) is 62.8 Å². The molecule has 12 aromatic carbocycles. The molecule has 14 rings (SSSR count). The number of aromatic nitrogens is 4. The minimum absolute atomic E-state index is 0.0126. The number of H-pyrrole nitrogens is 2. The molecule has 2 aromatic heterocycles. The zero-order valence-electron chi connectivity index (χ0n) is 75.8. The van der Waals surface area contributed by atoms with Gasteiger partial charge in [0.2, 0.25) is 23.6 Å². The highest BCUT2D eigenvalue weighted by molar-refractivity contribution is 6.44. The number of carbonyl (C=O) groups excluding carboxylic acids is 8. The van der Waals surface area contributed by atoms with Gasteiger partial charge in [-0.25, -0.2) is 0 Å². The Bertz CT molecular complexity index is 7120. The van der Waals surface area contributed by atoms with Gasteiger partial charge in [-0.15, -0.1) is 6.42 Å². The number of aliphatic imine (C=N–C) groups is 1. The lowest BCUT2D eigenvalue weighted by atomic mass is 9.94. The lowest BCUT2D eigenvalue weighted by Gasteiger charge is -2.18. The molecule has 0 spiro atoms. The first-order valence-corrected chi connectivity index (χ1v) is 46.6. The number of aromatic amines is 2. The van der Waals surface area contributed by atoms with Crippen LogP contribution in [0.25, 0.3) is 21.8 Å². The molecule has 26 N–H and O–H groups in total. The van der Waals surface area contributed by atoms with Crippen LogP contribution in [0.15, 0.2) is 248 Å². The maximum Gasteiger partial charge on any atom is 0.279 e. The zero-order chi connectivity index (χ0) is 103. The number of terminal acetylenes is 1. The van der Waals surface area contributed by atoms with E-state index in [0.717, 1.165) is 35.1 Å². The van der Waals surface area contributed by atoms with Crippen molar-refractivity contribution in [1.82, 2.24) is 25.7 Å². The second kappa shape index (κ2) is 51.2. The van der Waals surface area contributed by atoms with Crippen LogP contribution in [-0.2, 0) is 19.2 Å². The Kier molecular flexibility index (Phi) is 38.8. The summed E-state index contributed by atoms with van der Waals surface area (Å²) >= 11 is 48.6. The van der Waals surface area contributed by atoms with Gasteiger partial charge in [-0.1, -0.05) is 135 Å². The summed E-state index contributed by atoms with van der Waals surface area (Å²) in [5.74, 6) is -2.44. The predicted octanol–water partition coefficient (Wildman–Crippen LogP) is 19.3. The van der Waals surface area contributed by atoms with Crippen LogP contribution < -0.4 is 88.0 Å². The Balaban J connectivity index is 0.000000181. The molecule has 0 radical (unpaired) electrons. The lowest BCUT2D eigenvalue weighted by molar-refractivity contribution is -0.384. The van der Waals surface area contributed by atoms with Crippen molar-refractivity contribution in [2.45, 2.75) is 56.3 Å². The smallest absolute Gasteiger partial charge is 0.279 e. The first kappa shape index (κ1) is 107. The van der Waals surface area contributed by atoms with Crippen molar-refractivity contribution < 1.29 is 43.3 Å². The van der Waals surface area contributed by atoms with Crippen LogP contribution in [0.2, 0.25) is 40.2 Å². The predicted molar refractivity (Wildman–Crippen MR) is 569 cm³/mol. The second-order valence-corrected chi connectivity index (χ2v) is 34.7. The van der Waals surface area contributed by atoms with Crippen LogP contribution in [-0.4, -0.2) is 124 Å². The molecular formula is C101H95Cl8N23O10. The standard InChI is InChI=1S/C26H26Cl2N6O2.C26H23Cl2N5O2.C25H24Cl2N6O2.C24H22Cl2N6O4/c1-2-30-17-6-3-15(4-7-17)25(35)32-24-20-14-18(8-10-23(20)33-34-24)31-26(36)19(11-12-29)16-5-9-21(27)22(28)13-16;1-2-15-4-3-5-17(12-15)25(34)33-24(31)20-14-18(7-9-23(20)30)32-26(35)19(10-11-29)16-6-8-21(27)22(28)13-16;1-29-16-5-2-14(3-6-16)24(34)31-23-19-13-17(7-9-22(19)32-33-23)30-25(35)18(10-11-28)15-4-8-20(26)21(27)12-15;25-19-6-4-13(11-20(19)26)17(8-9-27)24(34)30-15-5-7-21(28)18(12-15)22(29)31-23(33)14-2-1-3-16(10-14)32(35)36/h3-10,13-14,19,30H,2,11-12,29H2,1H3,(H,31,36)(H2,32,33,34,35);1,3-9,12-14,19H,10-11,29-30H2,(H,32,35)(H2,31,33,34);2-9,12-13,18,29H,10-11,28H2,1H3,(H,30,35)(H2,31,32,33,34);1-7,10-12,17H,8-9,27-28H2,(H,30,34)(H2,29,31,33). The molecule has 2 heterocycles. The van der Waals surface area contributed by atoms with Crippen molar-refractivity contribution in [3.8, 4) is 12.3 Å². The molecule has 0 saturated carbocycles. The number of nitro benzene ring substituents is 1. The van der Waals surface area contributed by atoms with Crippen molar-refractivity contribution in [3.05, 3.63) is 354 Å². The van der Waals surface area contributed by atoms with E-state index in [1.807, 2.05) is 38.2 Å². The maximum absolute atomic E-state index is 13.2. The first-order chi connectivity index (χ1) is 68.1. The third-order valence-electron chi connectivity index (χ3n) is 21.8. The van der Waals surface area contributed by atoms with E-state index in [4.69, 9.17) is 145 Å². The average molecular weight is 2070 g/mol. The van der Waals surface area contributed by atoms with Crippen molar-refractivity contribution in [3.63, 3.8) is 0 Å². The van der Waals surface area contributed by atoms with E-state index in [9.17, 15) is 48.5 Å². The first-order valence-electron chi connectivity index (χ1n) is 43.6. The van der Waals surface area contributed by atoms with Crippen molar-refractivity contribution in [2.75, 3.05) is 93.8 Å². The van der Waals surface area contributed by atoms with E-state index in [2.05, 4.69) is 79.2 Å².